The van der Waals surface area contributed by atoms with Gasteiger partial charge in [-0.05, 0) is 48.9 Å². The SMILES string of the molecule is COc1ccc(C(=O)NC[C@H]2COCc3nc4cc(C)ccc4n32)cc1. The van der Waals surface area contributed by atoms with Crippen molar-refractivity contribution in [2.24, 2.45) is 0 Å². The van der Waals surface area contributed by atoms with Crippen molar-refractivity contribution >= 4 is 16.9 Å². The zero-order chi connectivity index (χ0) is 18.1. The van der Waals surface area contributed by atoms with Crippen LogP contribution in [-0.4, -0.2) is 35.7 Å². The molecule has 4 rings (SSSR count). The molecule has 0 saturated carbocycles. The molecule has 1 aromatic heterocycles. The number of nitrogens with one attached hydrogen (secondary N) is 1. The standard InChI is InChI=1S/C20H21N3O3/c1-13-3-8-18-17(9-13)22-19-12-26-11-15(23(18)19)10-21-20(24)14-4-6-16(25-2)7-5-14/h3-9,15H,10-12H2,1-2H3,(H,21,24)/t15-/m0/s1. The van der Waals surface area contributed by atoms with Crippen LogP contribution in [0.2, 0.25) is 0 Å². The summed E-state index contributed by atoms with van der Waals surface area (Å²) in [4.78, 5) is 17.1. The monoisotopic (exact) mass is 351 g/mol. The lowest BCUT2D eigenvalue weighted by Crippen LogP contribution is -2.35. The summed E-state index contributed by atoms with van der Waals surface area (Å²) in [5, 5.41) is 3.00. The Hall–Kier alpha value is -2.86. The Morgan fingerprint density at radius 2 is 2.12 bits per heavy atom. The number of ether oxygens (including phenoxy) is 2. The predicted molar refractivity (Wildman–Crippen MR) is 98.5 cm³/mol. The van der Waals surface area contributed by atoms with Gasteiger partial charge in [-0.25, -0.2) is 4.98 Å². The fraction of sp³-hybridized carbons (Fsp3) is 0.300. The van der Waals surface area contributed by atoms with Crippen molar-refractivity contribution in [1.82, 2.24) is 14.9 Å². The molecule has 6 heteroatoms. The van der Waals surface area contributed by atoms with Gasteiger partial charge in [0.1, 0.15) is 18.2 Å². The summed E-state index contributed by atoms with van der Waals surface area (Å²) in [5.74, 6) is 1.52. The molecule has 2 heterocycles. The summed E-state index contributed by atoms with van der Waals surface area (Å²) in [7, 11) is 1.60. The Labute approximate surface area is 151 Å². The maximum absolute atomic E-state index is 12.4. The summed E-state index contributed by atoms with van der Waals surface area (Å²) in [5.41, 5.74) is 3.83. The molecule has 1 aliphatic heterocycles. The van der Waals surface area contributed by atoms with E-state index < -0.39 is 0 Å². The molecule has 0 spiro atoms. The van der Waals surface area contributed by atoms with Crippen LogP contribution in [0.15, 0.2) is 42.5 Å². The second-order valence-corrected chi connectivity index (χ2v) is 6.50. The molecule has 1 atom stereocenters. The van der Waals surface area contributed by atoms with Gasteiger partial charge in [-0.2, -0.15) is 0 Å². The number of carbonyl (C=O) groups excluding carboxylic acids is 1. The van der Waals surface area contributed by atoms with E-state index in [1.807, 2.05) is 0 Å². The third kappa shape index (κ3) is 3.04. The third-order valence-electron chi connectivity index (χ3n) is 4.68. The zero-order valence-electron chi connectivity index (χ0n) is 14.9. The molecule has 2 aromatic carbocycles. The quantitative estimate of drug-likeness (QED) is 0.785. The lowest BCUT2D eigenvalue weighted by molar-refractivity contribution is 0.0553. The van der Waals surface area contributed by atoms with Crippen LogP contribution < -0.4 is 10.1 Å². The molecule has 0 radical (unpaired) electrons. The van der Waals surface area contributed by atoms with Crippen molar-refractivity contribution < 1.29 is 14.3 Å². The van der Waals surface area contributed by atoms with E-state index in [1.54, 1.807) is 31.4 Å². The molecule has 0 aliphatic carbocycles. The summed E-state index contributed by atoms with van der Waals surface area (Å²) in [6.07, 6.45) is 0. The minimum Gasteiger partial charge on any atom is -0.497 e. The van der Waals surface area contributed by atoms with Gasteiger partial charge in [0.15, 0.2) is 0 Å². The molecular weight excluding hydrogens is 330 g/mol. The normalized spacial score (nSPS) is 16.3. The molecule has 0 fully saturated rings. The van der Waals surface area contributed by atoms with Crippen LogP contribution in [0, 0.1) is 6.92 Å². The second-order valence-electron chi connectivity index (χ2n) is 6.50. The number of hydrogen-bond donors (Lipinski definition) is 1. The predicted octanol–water partition coefficient (Wildman–Crippen LogP) is 2.85. The highest BCUT2D eigenvalue weighted by Crippen LogP contribution is 2.26. The number of benzene rings is 2. The third-order valence-corrected chi connectivity index (χ3v) is 4.68. The average molecular weight is 351 g/mol. The van der Waals surface area contributed by atoms with Gasteiger partial charge in [-0.1, -0.05) is 6.07 Å². The van der Waals surface area contributed by atoms with E-state index in [0.29, 0.717) is 25.3 Å². The fourth-order valence-electron chi connectivity index (χ4n) is 3.33. The van der Waals surface area contributed by atoms with Gasteiger partial charge in [0.2, 0.25) is 0 Å². The minimum absolute atomic E-state index is 0.0219. The van der Waals surface area contributed by atoms with Crippen LogP contribution in [0.4, 0.5) is 0 Å². The fourth-order valence-corrected chi connectivity index (χ4v) is 3.33. The number of imidazole rings is 1. The van der Waals surface area contributed by atoms with E-state index in [2.05, 4.69) is 40.0 Å². The van der Waals surface area contributed by atoms with Crippen molar-refractivity contribution in [3.8, 4) is 5.75 Å². The van der Waals surface area contributed by atoms with Crippen molar-refractivity contribution in [2.45, 2.75) is 19.6 Å². The van der Waals surface area contributed by atoms with Crippen molar-refractivity contribution in [3.63, 3.8) is 0 Å². The number of nitrogens with zero attached hydrogens (tertiary/aromatic N) is 2. The van der Waals surface area contributed by atoms with Gasteiger partial charge in [0.25, 0.3) is 5.91 Å². The molecule has 0 saturated heterocycles. The Morgan fingerprint density at radius 1 is 1.31 bits per heavy atom. The average Bonchev–Trinajstić information content (AvgIpc) is 3.04. The summed E-state index contributed by atoms with van der Waals surface area (Å²) < 4.78 is 13.0. The van der Waals surface area contributed by atoms with E-state index in [4.69, 9.17) is 9.47 Å². The molecular formula is C20H21N3O3. The van der Waals surface area contributed by atoms with Gasteiger partial charge < -0.3 is 19.4 Å². The lowest BCUT2D eigenvalue weighted by atomic mass is 10.2. The van der Waals surface area contributed by atoms with E-state index in [9.17, 15) is 4.79 Å². The first-order valence-electron chi connectivity index (χ1n) is 8.63. The molecule has 0 unspecified atom stereocenters. The number of carbonyl (C=O) groups is 1. The molecule has 3 aromatic rings. The van der Waals surface area contributed by atoms with E-state index >= 15 is 0 Å². The first kappa shape index (κ1) is 16.6. The van der Waals surface area contributed by atoms with Crippen LogP contribution in [0.1, 0.15) is 27.8 Å². The van der Waals surface area contributed by atoms with Gasteiger partial charge in [-0.15, -0.1) is 0 Å². The number of fused-ring (bicyclic) bond motifs is 3. The van der Waals surface area contributed by atoms with Gasteiger partial charge in [-0.3, -0.25) is 4.79 Å². The molecule has 0 bridgehead atoms. The van der Waals surface area contributed by atoms with Crippen LogP contribution in [0.5, 0.6) is 5.75 Å². The van der Waals surface area contributed by atoms with Crippen molar-refractivity contribution in [3.05, 3.63) is 59.4 Å². The van der Waals surface area contributed by atoms with E-state index in [1.165, 1.54) is 5.56 Å². The first-order chi connectivity index (χ1) is 12.7. The lowest BCUT2D eigenvalue weighted by Gasteiger charge is -2.26. The van der Waals surface area contributed by atoms with Crippen LogP contribution in [0.25, 0.3) is 11.0 Å². The number of rotatable bonds is 4. The highest BCUT2D eigenvalue weighted by Gasteiger charge is 2.24. The maximum Gasteiger partial charge on any atom is 0.251 e. The Bertz CT molecular complexity index is 947. The molecule has 1 N–H and O–H groups in total. The highest BCUT2D eigenvalue weighted by atomic mass is 16.5. The number of aryl methyl sites for hydroxylation is 1. The van der Waals surface area contributed by atoms with Gasteiger partial charge in [0.05, 0.1) is 30.8 Å². The Morgan fingerprint density at radius 3 is 2.88 bits per heavy atom. The number of aromatic nitrogens is 2. The summed E-state index contributed by atoms with van der Waals surface area (Å²) in [6.45, 7) is 3.59. The van der Waals surface area contributed by atoms with E-state index in [0.717, 1.165) is 22.6 Å². The number of amides is 1. The topological polar surface area (TPSA) is 65.4 Å². The number of hydrogen-bond acceptors (Lipinski definition) is 4. The summed E-state index contributed by atoms with van der Waals surface area (Å²) in [6, 6.07) is 13.3. The van der Waals surface area contributed by atoms with Crippen molar-refractivity contribution in [1.29, 1.82) is 0 Å². The Balaban J connectivity index is 1.53. The molecule has 6 nitrogen and oxygen atoms in total. The Kier molecular flexibility index (Phi) is 4.34. The maximum atomic E-state index is 12.4. The molecule has 1 amide bonds. The van der Waals surface area contributed by atoms with Crippen LogP contribution in [0.3, 0.4) is 0 Å². The number of methoxy groups -OCH3 is 1. The molecule has 1 aliphatic rings. The largest absolute Gasteiger partial charge is 0.497 e. The minimum atomic E-state index is -0.111. The van der Waals surface area contributed by atoms with Crippen LogP contribution in [-0.2, 0) is 11.3 Å². The van der Waals surface area contributed by atoms with Gasteiger partial charge in [0, 0.05) is 12.1 Å². The highest BCUT2D eigenvalue weighted by molar-refractivity contribution is 5.94. The molecule has 26 heavy (non-hydrogen) atoms. The zero-order valence-corrected chi connectivity index (χ0v) is 14.9. The molecule has 134 valence electrons. The van der Waals surface area contributed by atoms with E-state index in [-0.39, 0.29) is 11.9 Å². The second kappa shape index (κ2) is 6.80. The first-order valence-corrected chi connectivity index (χ1v) is 8.63. The van der Waals surface area contributed by atoms with Crippen LogP contribution >= 0.6 is 0 Å². The summed E-state index contributed by atoms with van der Waals surface area (Å²) >= 11 is 0. The van der Waals surface area contributed by atoms with Gasteiger partial charge >= 0.3 is 0 Å². The smallest absolute Gasteiger partial charge is 0.251 e. The van der Waals surface area contributed by atoms with Crippen molar-refractivity contribution in [2.75, 3.05) is 20.3 Å².